The van der Waals surface area contributed by atoms with Gasteiger partial charge >= 0.3 is 0 Å². The minimum Gasteiger partial charge on any atom is -0.545 e. The molecule has 1 aromatic carbocycles. The van der Waals surface area contributed by atoms with Crippen molar-refractivity contribution in [2.75, 3.05) is 7.11 Å². The molecule has 0 saturated carbocycles. The van der Waals surface area contributed by atoms with Gasteiger partial charge in [-0.1, -0.05) is 11.6 Å². The van der Waals surface area contributed by atoms with E-state index in [4.69, 9.17) is 16.3 Å². The van der Waals surface area contributed by atoms with Crippen molar-refractivity contribution in [1.82, 2.24) is 0 Å². The lowest BCUT2D eigenvalue weighted by molar-refractivity contribution is -0.255. The Morgan fingerprint density at radius 1 is 1.58 bits per heavy atom. The normalized spacial score (nSPS) is 9.50. The number of carbonyl (C=O) groups is 1. The smallest absolute Gasteiger partial charge is 0.128 e. The van der Waals surface area contributed by atoms with Gasteiger partial charge in [-0.3, -0.25) is 0 Å². The van der Waals surface area contributed by atoms with Crippen LogP contribution in [0.4, 0.5) is 0 Å². The van der Waals surface area contributed by atoms with E-state index >= 15 is 0 Å². The van der Waals surface area contributed by atoms with Crippen molar-refractivity contribution in [3.8, 4) is 5.75 Å². The molecule has 0 aliphatic rings. The minimum atomic E-state index is -1.30. The molecule has 0 atom stereocenters. The number of aromatic carboxylic acids is 1. The summed E-state index contributed by atoms with van der Waals surface area (Å²) in [4.78, 5) is 10.5. The third kappa shape index (κ3) is 1.68. The Kier molecular flexibility index (Phi) is 2.55. The van der Waals surface area contributed by atoms with Crippen LogP contribution in [0.3, 0.4) is 0 Å². The van der Waals surface area contributed by atoms with Crippen molar-refractivity contribution in [3.63, 3.8) is 0 Å². The Morgan fingerprint density at radius 2 is 2.25 bits per heavy atom. The highest BCUT2D eigenvalue weighted by molar-refractivity contribution is 6.31. The lowest BCUT2D eigenvalue weighted by atomic mass is 10.2. The van der Waals surface area contributed by atoms with Crippen LogP contribution in [0.5, 0.6) is 5.75 Å². The Labute approximate surface area is 74.5 Å². The Bertz CT molecular complexity index is 309. The number of rotatable bonds is 2. The number of carbonyl (C=O) groups excluding carboxylic acids is 1. The van der Waals surface area contributed by atoms with Gasteiger partial charge in [0.1, 0.15) is 5.75 Å². The standard InChI is InChI=1S/C8H7ClO3/c1-12-7-3-2-5(9)4-6(7)8(10)11/h2-4H,1H3,(H,10,11)/p-1. The Morgan fingerprint density at radius 3 is 2.75 bits per heavy atom. The highest BCUT2D eigenvalue weighted by Crippen LogP contribution is 2.21. The van der Waals surface area contributed by atoms with Crippen LogP contribution < -0.4 is 9.84 Å². The van der Waals surface area contributed by atoms with Gasteiger partial charge in [0.05, 0.1) is 13.1 Å². The molecule has 4 heteroatoms. The predicted molar refractivity (Wildman–Crippen MR) is 42.3 cm³/mol. The fraction of sp³-hybridized carbons (Fsp3) is 0.125. The molecule has 0 N–H and O–H groups in total. The number of carboxylic acid groups (broad SMARTS) is 1. The number of halogens is 1. The summed E-state index contributed by atoms with van der Waals surface area (Å²) in [6.07, 6.45) is 0. The molecule has 0 amide bonds. The molecule has 0 fully saturated rings. The van der Waals surface area contributed by atoms with Gasteiger partial charge in [-0.2, -0.15) is 0 Å². The zero-order valence-electron chi connectivity index (χ0n) is 6.33. The molecule has 0 heterocycles. The zero-order valence-corrected chi connectivity index (χ0v) is 7.09. The van der Waals surface area contributed by atoms with Crippen molar-refractivity contribution in [2.45, 2.75) is 0 Å². The number of carboxylic acids is 1. The van der Waals surface area contributed by atoms with Gasteiger partial charge in [-0.25, -0.2) is 0 Å². The van der Waals surface area contributed by atoms with E-state index in [9.17, 15) is 9.90 Å². The summed E-state index contributed by atoms with van der Waals surface area (Å²) >= 11 is 5.57. The summed E-state index contributed by atoms with van der Waals surface area (Å²) in [6, 6.07) is 4.32. The third-order valence-corrected chi connectivity index (χ3v) is 1.62. The van der Waals surface area contributed by atoms with Gasteiger partial charge in [-0.15, -0.1) is 0 Å². The summed E-state index contributed by atoms with van der Waals surface area (Å²) in [5.41, 5.74) is -0.0370. The fourth-order valence-corrected chi connectivity index (χ4v) is 1.01. The lowest BCUT2D eigenvalue weighted by Gasteiger charge is -2.08. The van der Waals surface area contributed by atoms with Crippen LogP contribution in [0, 0.1) is 0 Å². The average Bonchev–Trinajstić information content (AvgIpc) is 2.04. The van der Waals surface area contributed by atoms with Gasteiger partial charge in [0, 0.05) is 10.6 Å². The van der Waals surface area contributed by atoms with E-state index in [0.29, 0.717) is 5.02 Å². The molecular weight excluding hydrogens is 180 g/mol. The molecule has 3 nitrogen and oxygen atoms in total. The van der Waals surface area contributed by atoms with Crippen molar-refractivity contribution in [1.29, 1.82) is 0 Å². The molecular formula is C8H6ClO3-. The predicted octanol–water partition coefficient (Wildman–Crippen LogP) is 0.712. The van der Waals surface area contributed by atoms with Gasteiger partial charge in [0.25, 0.3) is 0 Å². The van der Waals surface area contributed by atoms with Crippen LogP contribution in [0.15, 0.2) is 18.2 Å². The molecule has 0 saturated heterocycles. The third-order valence-electron chi connectivity index (χ3n) is 1.38. The minimum absolute atomic E-state index is 0.0370. The van der Waals surface area contributed by atoms with E-state index in [1.807, 2.05) is 0 Å². The van der Waals surface area contributed by atoms with Gasteiger partial charge in [0.2, 0.25) is 0 Å². The van der Waals surface area contributed by atoms with Gasteiger partial charge in [-0.05, 0) is 18.2 Å². The first kappa shape index (κ1) is 8.87. The Hall–Kier alpha value is -1.22. The van der Waals surface area contributed by atoms with E-state index in [0.717, 1.165) is 0 Å². The number of ether oxygens (including phenoxy) is 1. The fourth-order valence-electron chi connectivity index (χ4n) is 0.840. The van der Waals surface area contributed by atoms with Crippen LogP contribution in [0.25, 0.3) is 0 Å². The topological polar surface area (TPSA) is 49.4 Å². The van der Waals surface area contributed by atoms with E-state index in [1.165, 1.54) is 19.2 Å². The molecule has 0 aliphatic carbocycles. The summed E-state index contributed by atoms with van der Waals surface area (Å²) in [6.45, 7) is 0. The molecule has 12 heavy (non-hydrogen) atoms. The van der Waals surface area contributed by atoms with Crippen LogP contribution in [0.2, 0.25) is 5.02 Å². The van der Waals surface area contributed by atoms with E-state index < -0.39 is 5.97 Å². The molecule has 1 rings (SSSR count). The van der Waals surface area contributed by atoms with Gasteiger partial charge in [0.15, 0.2) is 0 Å². The first-order valence-corrected chi connectivity index (χ1v) is 3.58. The van der Waals surface area contributed by atoms with Gasteiger partial charge < -0.3 is 14.6 Å². The molecule has 0 aromatic heterocycles. The highest BCUT2D eigenvalue weighted by Gasteiger charge is 2.03. The quantitative estimate of drug-likeness (QED) is 0.682. The van der Waals surface area contributed by atoms with E-state index in [1.54, 1.807) is 6.07 Å². The first-order chi connectivity index (χ1) is 5.65. The average molecular weight is 186 g/mol. The summed E-state index contributed by atoms with van der Waals surface area (Å²) in [7, 11) is 1.38. The van der Waals surface area contributed by atoms with Crippen molar-refractivity contribution in [2.24, 2.45) is 0 Å². The highest BCUT2D eigenvalue weighted by atomic mass is 35.5. The molecule has 0 radical (unpaired) electrons. The van der Waals surface area contributed by atoms with E-state index in [2.05, 4.69) is 0 Å². The second-order valence-electron chi connectivity index (χ2n) is 2.13. The number of methoxy groups -OCH3 is 1. The summed E-state index contributed by atoms with van der Waals surface area (Å²) < 4.78 is 4.78. The van der Waals surface area contributed by atoms with Crippen molar-refractivity contribution < 1.29 is 14.6 Å². The molecule has 0 aliphatic heterocycles. The van der Waals surface area contributed by atoms with Crippen LogP contribution >= 0.6 is 11.6 Å². The van der Waals surface area contributed by atoms with Crippen molar-refractivity contribution >= 4 is 17.6 Å². The number of hydrogen-bond donors (Lipinski definition) is 0. The second-order valence-corrected chi connectivity index (χ2v) is 2.57. The van der Waals surface area contributed by atoms with Crippen LogP contribution in [-0.2, 0) is 0 Å². The number of benzene rings is 1. The molecule has 1 aromatic rings. The monoisotopic (exact) mass is 185 g/mol. The van der Waals surface area contributed by atoms with E-state index in [-0.39, 0.29) is 11.3 Å². The summed E-state index contributed by atoms with van der Waals surface area (Å²) in [5, 5.41) is 10.8. The molecule has 0 unspecified atom stereocenters. The maximum Gasteiger partial charge on any atom is 0.128 e. The zero-order chi connectivity index (χ0) is 9.14. The van der Waals surface area contributed by atoms with Crippen molar-refractivity contribution in [3.05, 3.63) is 28.8 Å². The molecule has 0 bridgehead atoms. The molecule has 64 valence electrons. The summed E-state index contributed by atoms with van der Waals surface area (Å²) in [5.74, 6) is -1.05. The SMILES string of the molecule is COc1ccc(Cl)cc1C(=O)[O-]. The lowest BCUT2D eigenvalue weighted by Crippen LogP contribution is -2.22. The largest absolute Gasteiger partial charge is 0.545 e. The number of hydrogen-bond acceptors (Lipinski definition) is 3. The van der Waals surface area contributed by atoms with Crippen LogP contribution in [0.1, 0.15) is 10.4 Å². The Balaban J connectivity index is 3.21. The maximum atomic E-state index is 10.5. The molecule has 0 spiro atoms. The maximum absolute atomic E-state index is 10.5. The van der Waals surface area contributed by atoms with Crippen LogP contribution in [-0.4, -0.2) is 13.1 Å². The second kappa shape index (κ2) is 3.45. The first-order valence-electron chi connectivity index (χ1n) is 3.20.